The van der Waals surface area contributed by atoms with Gasteiger partial charge in [-0.15, -0.1) is 0 Å². The first-order valence-electron chi connectivity index (χ1n) is 5.35. The summed E-state index contributed by atoms with van der Waals surface area (Å²) in [7, 11) is 1.75. The molecule has 0 aliphatic carbocycles. The van der Waals surface area contributed by atoms with Crippen LogP contribution < -0.4 is 10.1 Å². The number of hydrogen-bond donors (Lipinski definition) is 1. The van der Waals surface area contributed by atoms with E-state index < -0.39 is 4.92 Å². The smallest absolute Gasteiger partial charge is 0.312 e. The Labute approximate surface area is 117 Å². The quantitative estimate of drug-likeness (QED) is 0.687. The van der Waals surface area contributed by atoms with Gasteiger partial charge >= 0.3 is 5.69 Å². The van der Waals surface area contributed by atoms with Crippen molar-refractivity contribution in [2.24, 2.45) is 0 Å². The molecule has 2 rings (SSSR count). The monoisotopic (exact) mass is 323 g/mol. The molecule has 98 valence electrons. The highest BCUT2D eigenvalue weighted by Gasteiger charge is 2.16. The van der Waals surface area contributed by atoms with E-state index in [9.17, 15) is 10.1 Å². The van der Waals surface area contributed by atoms with Crippen molar-refractivity contribution in [1.82, 2.24) is 4.98 Å². The summed E-state index contributed by atoms with van der Waals surface area (Å²) in [5.41, 5.74) is 0.654. The van der Waals surface area contributed by atoms with Crippen LogP contribution in [0.15, 0.2) is 41.1 Å². The van der Waals surface area contributed by atoms with E-state index in [1.165, 1.54) is 18.3 Å². The van der Waals surface area contributed by atoms with Crippen LogP contribution in [0.4, 0.5) is 11.4 Å². The predicted octanol–water partition coefficient (Wildman–Crippen LogP) is 3.59. The van der Waals surface area contributed by atoms with Crippen LogP contribution in [-0.2, 0) is 0 Å². The molecule has 0 spiro atoms. The maximum Gasteiger partial charge on any atom is 0.312 e. The fourth-order valence-electron chi connectivity index (χ4n) is 1.46. The average Bonchev–Trinajstić information content (AvgIpc) is 2.41. The first-order valence-corrected chi connectivity index (χ1v) is 6.14. The molecule has 0 radical (unpaired) electrons. The van der Waals surface area contributed by atoms with E-state index >= 15 is 0 Å². The van der Waals surface area contributed by atoms with Crippen molar-refractivity contribution < 1.29 is 9.66 Å². The number of rotatable bonds is 4. The Hall–Kier alpha value is -2.15. The number of benzene rings is 1. The Balaban J connectivity index is 2.34. The number of halogens is 1. The number of nitro benzene ring substituents is 1. The molecular weight excluding hydrogens is 314 g/mol. The third-order valence-corrected chi connectivity index (χ3v) is 2.84. The zero-order chi connectivity index (χ0) is 13.8. The number of nitro groups is 1. The standard InChI is InChI=1S/C12H10BrN3O3/c1-14-9-5-10(7-15-6-9)19-12-3-2-8(13)4-11(12)16(17)18/h2-7,14H,1H3. The average molecular weight is 324 g/mol. The lowest BCUT2D eigenvalue weighted by molar-refractivity contribution is -0.385. The van der Waals surface area contributed by atoms with Gasteiger partial charge in [-0.25, -0.2) is 0 Å². The largest absolute Gasteiger partial charge is 0.448 e. The normalized spacial score (nSPS) is 10.0. The van der Waals surface area contributed by atoms with Crippen molar-refractivity contribution in [3.05, 3.63) is 51.2 Å². The second-order valence-electron chi connectivity index (χ2n) is 3.63. The molecule has 6 nitrogen and oxygen atoms in total. The summed E-state index contributed by atoms with van der Waals surface area (Å²) in [6.45, 7) is 0. The molecule has 0 aliphatic rings. The van der Waals surface area contributed by atoms with Gasteiger partial charge in [0.2, 0.25) is 5.75 Å². The van der Waals surface area contributed by atoms with Gasteiger partial charge in [0.1, 0.15) is 5.75 Å². The molecule has 2 aromatic rings. The molecular formula is C12H10BrN3O3. The van der Waals surface area contributed by atoms with Crippen LogP contribution in [0.25, 0.3) is 0 Å². The number of nitrogens with one attached hydrogen (secondary N) is 1. The van der Waals surface area contributed by atoms with E-state index in [0.29, 0.717) is 10.2 Å². The fraction of sp³-hybridized carbons (Fsp3) is 0.0833. The summed E-state index contributed by atoms with van der Waals surface area (Å²) in [5, 5.41) is 13.9. The highest BCUT2D eigenvalue weighted by atomic mass is 79.9. The maximum atomic E-state index is 11.0. The van der Waals surface area contributed by atoms with Crippen LogP contribution in [-0.4, -0.2) is 17.0 Å². The zero-order valence-electron chi connectivity index (χ0n) is 9.96. The lowest BCUT2D eigenvalue weighted by Crippen LogP contribution is -1.95. The number of pyridine rings is 1. The molecule has 1 N–H and O–H groups in total. The van der Waals surface area contributed by atoms with Gasteiger partial charge in [-0.05, 0) is 12.1 Å². The third-order valence-electron chi connectivity index (χ3n) is 2.35. The lowest BCUT2D eigenvalue weighted by Gasteiger charge is -2.07. The van der Waals surface area contributed by atoms with Crippen LogP contribution >= 0.6 is 15.9 Å². The van der Waals surface area contributed by atoms with Crippen LogP contribution in [0.5, 0.6) is 11.5 Å². The Morgan fingerprint density at radius 1 is 1.37 bits per heavy atom. The minimum atomic E-state index is -0.491. The minimum absolute atomic E-state index is 0.107. The number of aromatic nitrogens is 1. The first-order chi connectivity index (χ1) is 9.10. The van der Waals surface area contributed by atoms with Crippen LogP contribution in [0, 0.1) is 10.1 Å². The van der Waals surface area contributed by atoms with Gasteiger partial charge in [0, 0.05) is 23.7 Å². The molecule has 0 fully saturated rings. The molecule has 0 bridgehead atoms. The highest BCUT2D eigenvalue weighted by Crippen LogP contribution is 2.33. The Kier molecular flexibility index (Phi) is 3.96. The molecule has 1 heterocycles. The Morgan fingerprint density at radius 3 is 2.84 bits per heavy atom. The van der Waals surface area contributed by atoms with Crippen LogP contribution in [0.1, 0.15) is 0 Å². The molecule has 0 saturated carbocycles. The maximum absolute atomic E-state index is 11.0. The van der Waals surface area contributed by atoms with E-state index in [2.05, 4.69) is 26.2 Å². The van der Waals surface area contributed by atoms with Gasteiger partial charge in [0.05, 0.1) is 23.0 Å². The molecule has 19 heavy (non-hydrogen) atoms. The molecule has 0 unspecified atom stereocenters. The second kappa shape index (κ2) is 5.66. The lowest BCUT2D eigenvalue weighted by atomic mass is 10.3. The van der Waals surface area contributed by atoms with Crippen molar-refractivity contribution in [1.29, 1.82) is 0 Å². The van der Waals surface area contributed by atoms with Crippen molar-refractivity contribution in [3.63, 3.8) is 0 Å². The molecule has 0 saturated heterocycles. The van der Waals surface area contributed by atoms with E-state index in [-0.39, 0.29) is 11.4 Å². The summed E-state index contributed by atoms with van der Waals surface area (Å²) in [6.07, 6.45) is 3.12. The van der Waals surface area contributed by atoms with Gasteiger partial charge in [-0.3, -0.25) is 15.1 Å². The number of ether oxygens (including phenoxy) is 1. The first kappa shape index (κ1) is 13.3. The van der Waals surface area contributed by atoms with Crippen LogP contribution in [0.3, 0.4) is 0 Å². The number of nitrogens with zero attached hydrogens (tertiary/aromatic N) is 2. The van der Waals surface area contributed by atoms with E-state index in [1.807, 2.05) is 0 Å². The number of hydrogen-bond acceptors (Lipinski definition) is 5. The van der Waals surface area contributed by atoms with Crippen molar-refractivity contribution >= 4 is 27.3 Å². The molecule has 1 aromatic carbocycles. The second-order valence-corrected chi connectivity index (χ2v) is 4.55. The van der Waals surface area contributed by atoms with Gasteiger partial charge in [0.15, 0.2) is 0 Å². The summed E-state index contributed by atoms with van der Waals surface area (Å²) >= 11 is 3.19. The third kappa shape index (κ3) is 3.19. The zero-order valence-corrected chi connectivity index (χ0v) is 11.5. The molecule has 7 heteroatoms. The van der Waals surface area contributed by atoms with Crippen molar-refractivity contribution in [2.45, 2.75) is 0 Å². The summed E-state index contributed by atoms with van der Waals surface area (Å²) in [6, 6.07) is 6.31. The molecule has 0 atom stereocenters. The van der Waals surface area contributed by atoms with Gasteiger partial charge < -0.3 is 10.1 Å². The van der Waals surface area contributed by atoms with E-state index in [0.717, 1.165) is 5.69 Å². The summed E-state index contributed by atoms with van der Waals surface area (Å²) in [4.78, 5) is 14.5. The minimum Gasteiger partial charge on any atom is -0.448 e. The van der Waals surface area contributed by atoms with Gasteiger partial charge in [-0.2, -0.15) is 0 Å². The molecule has 1 aromatic heterocycles. The Morgan fingerprint density at radius 2 is 2.16 bits per heavy atom. The Bertz CT molecular complexity index is 619. The van der Waals surface area contributed by atoms with Crippen molar-refractivity contribution in [2.75, 3.05) is 12.4 Å². The summed E-state index contributed by atoms with van der Waals surface area (Å²) < 4.78 is 6.12. The van der Waals surface area contributed by atoms with Gasteiger partial charge in [0.25, 0.3) is 0 Å². The fourth-order valence-corrected chi connectivity index (χ4v) is 1.81. The highest BCUT2D eigenvalue weighted by molar-refractivity contribution is 9.10. The summed E-state index contributed by atoms with van der Waals surface area (Å²) in [5.74, 6) is 0.598. The van der Waals surface area contributed by atoms with E-state index in [4.69, 9.17) is 4.74 Å². The topological polar surface area (TPSA) is 77.3 Å². The van der Waals surface area contributed by atoms with Crippen molar-refractivity contribution in [3.8, 4) is 11.5 Å². The molecule has 0 amide bonds. The van der Waals surface area contributed by atoms with Gasteiger partial charge in [-0.1, -0.05) is 15.9 Å². The predicted molar refractivity (Wildman–Crippen MR) is 74.7 cm³/mol. The van der Waals surface area contributed by atoms with E-state index in [1.54, 1.807) is 25.4 Å². The SMILES string of the molecule is CNc1cncc(Oc2ccc(Br)cc2[N+](=O)[O-])c1. The van der Waals surface area contributed by atoms with Crippen LogP contribution in [0.2, 0.25) is 0 Å². The molecule has 0 aliphatic heterocycles. The number of anilines is 1.